The fourth-order valence-corrected chi connectivity index (χ4v) is 4.29. The molecule has 0 aliphatic carbocycles. The van der Waals surface area contributed by atoms with Crippen LogP contribution in [0.5, 0.6) is 5.88 Å². The van der Waals surface area contributed by atoms with Gasteiger partial charge in [-0.3, -0.25) is 14.2 Å². The second-order valence-corrected chi connectivity index (χ2v) is 8.46. The van der Waals surface area contributed by atoms with Crippen molar-refractivity contribution in [1.29, 1.82) is 0 Å². The van der Waals surface area contributed by atoms with Crippen LogP contribution in [-0.4, -0.2) is 26.7 Å². The third-order valence-electron chi connectivity index (χ3n) is 4.57. The molecule has 3 aromatic rings. The fraction of sp³-hybridized carbons (Fsp3) is 0.174. The first kappa shape index (κ1) is 22.5. The molecule has 1 amide bonds. The van der Waals surface area contributed by atoms with Crippen LogP contribution in [0.1, 0.15) is 33.6 Å². The van der Waals surface area contributed by atoms with E-state index in [2.05, 4.69) is 5.32 Å². The molecule has 0 saturated heterocycles. The number of aromatic nitrogens is 1. The van der Waals surface area contributed by atoms with Gasteiger partial charge in [0.25, 0.3) is 5.91 Å². The quantitative estimate of drug-likeness (QED) is 0.379. The number of carbonyl (C=O) groups is 2. The molecule has 0 saturated carbocycles. The third kappa shape index (κ3) is 6.13. The molecule has 0 aliphatic rings. The van der Waals surface area contributed by atoms with Crippen LogP contribution in [0.25, 0.3) is 6.08 Å². The van der Waals surface area contributed by atoms with Crippen LogP contribution >= 0.6 is 23.6 Å². The number of para-hydroxylation sites is 1. The molecule has 6 nitrogen and oxygen atoms in total. The van der Waals surface area contributed by atoms with Crippen LogP contribution < -0.4 is 5.32 Å². The Kier molecular flexibility index (Phi) is 7.75. The average molecular weight is 455 g/mol. The zero-order valence-electron chi connectivity index (χ0n) is 16.7. The lowest BCUT2D eigenvalue weighted by atomic mass is 10.1. The van der Waals surface area contributed by atoms with Gasteiger partial charge in [-0.25, -0.2) is 0 Å². The lowest BCUT2D eigenvalue weighted by Crippen LogP contribution is -2.12. The maximum atomic E-state index is 12.5. The SMILES string of the molecule is O=C(O)CCCn1c(O)c(C=CCc2ccccc2NC(=O)c2ccccc2)sc1=S. The summed E-state index contributed by atoms with van der Waals surface area (Å²) in [6.07, 6.45) is 4.66. The fourth-order valence-electron chi connectivity index (χ4n) is 3.01. The first-order valence-electron chi connectivity index (χ1n) is 9.71. The van der Waals surface area contributed by atoms with E-state index in [1.165, 1.54) is 11.3 Å². The summed E-state index contributed by atoms with van der Waals surface area (Å²) in [5.41, 5.74) is 2.25. The number of benzene rings is 2. The Bertz CT molecular complexity index is 1150. The van der Waals surface area contributed by atoms with Crippen molar-refractivity contribution < 1.29 is 19.8 Å². The van der Waals surface area contributed by atoms with Gasteiger partial charge in [0.1, 0.15) is 0 Å². The van der Waals surface area contributed by atoms with Gasteiger partial charge in [0, 0.05) is 24.2 Å². The summed E-state index contributed by atoms with van der Waals surface area (Å²) in [7, 11) is 0. The van der Waals surface area contributed by atoms with Crippen LogP contribution in [-0.2, 0) is 17.8 Å². The molecule has 8 heteroatoms. The van der Waals surface area contributed by atoms with E-state index in [9.17, 15) is 14.7 Å². The Morgan fingerprint density at radius 1 is 1.10 bits per heavy atom. The Hall–Kier alpha value is -3.23. The molecule has 1 aromatic heterocycles. The van der Waals surface area contributed by atoms with E-state index >= 15 is 0 Å². The second kappa shape index (κ2) is 10.7. The van der Waals surface area contributed by atoms with E-state index in [4.69, 9.17) is 17.3 Å². The van der Waals surface area contributed by atoms with Crippen LogP contribution in [0.15, 0.2) is 60.7 Å². The monoisotopic (exact) mass is 454 g/mol. The van der Waals surface area contributed by atoms with Crippen molar-refractivity contribution in [2.75, 3.05) is 5.32 Å². The van der Waals surface area contributed by atoms with Gasteiger partial charge in [-0.05, 0) is 54.9 Å². The summed E-state index contributed by atoms with van der Waals surface area (Å²) in [6.45, 7) is 0.357. The molecule has 160 valence electrons. The number of hydrogen-bond donors (Lipinski definition) is 3. The van der Waals surface area contributed by atoms with Crippen molar-refractivity contribution in [2.24, 2.45) is 0 Å². The molecule has 0 spiro atoms. The number of thiazole rings is 1. The minimum atomic E-state index is -0.876. The number of carboxylic acids is 1. The van der Waals surface area contributed by atoms with E-state index in [1.807, 2.05) is 48.5 Å². The number of carbonyl (C=O) groups excluding carboxylic acids is 1. The predicted molar refractivity (Wildman–Crippen MR) is 125 cm³/mol. The molecule has 0 aliphatic heterocycles. The lowest BCUT2D eigenvalue weighted by Gasteiger charge is -2.09. The number of aromatic hydroxyl groups is 1. The number of anilines is 1. The highest BCUT2D eigenvalue weighted by Crippen LogP contribution is 2.28. The Labute approximate surface area is 189 Å². The number of nitrogens with zero attached hydrogens (tertiary/aromatic N) is 1. The van der Waals surface area contributed by atoms with E-state index in [1.54, 1.807) is 22.8 Å². The highest BCUT2D eigenvalue weighted by molar-refractivity contribution is 7.73. The Morgan fingerprint density at radius 3 is 2.55 bits per heavy atom. The standard InChI is InChI=1S/C23H22N2O4S2/c26-20(27)14-7-15-25-22(29)19(31-23(25)30)13-6-11-16-8-4-5-12-18(16)24-21(28)17-9-2-1-3-10-17/h1-6,8-10,12-13,29H,7,11,14-15H2,(H,24,28)(H,26,27). The van der Waals surface area contributed by atoms with E-state index in [-0.39, 0.29) is 18.2 Å². The number of allylic oxidation sites excluding steroid dienone is 1. The van der Waals surface area contributed by atoms with Gasteiger partial charge in [-0.1, -0.05) is 42.5 Å². The van der Waals surface area contributed by atoms with Crippen molar-refractivity contribution in [2.45, 2.75) is 25.8 Å². The van der Waals surface area contributed by atoms with Gasteiger partial charge in [0.05, 0.1) is 4.88 Å². The van der Waals surface area contributed by atoms with Crippen LogP contribution in [0.3, 0.4) is 0 Å². The van der Waals surface area contributed by atoms with Crippen LogP contribution in [0.4, 0.5) is 5.69 Å². The number of nitrogens with one attached hydrogen (secondary N) is 1. The lowest BCUT2D eigenvalue weighted by molar-refractivity contribution is -0.137. The molecule has 3 rings (SSSR count). The minimum absolute atomic E-state index is 0.0215. The van der Waals surface area contributed by atoms with Crippen LogP contribution in [0.2, 0.25) is 0 Å². The number of hydrogen-bond acceptors (Lipinski definition) is 5. The Balaban J connectivity index is 1.69. The van der Waals surface area contributed by atoms with Gasteiger partial charge in [-0.2, -0.15) is 0 Å². The van der Waals surface area contributed by atoms with Crippen molar-refractivity contribution >= 4 is 47.2 Å². The number of amides is 1. The second-order valence-electron chi connectivity index (χ2n) is 6.79. The molecule has 3 N–H and O–H groups in total. The number of aliphatic carboxylic acids is 1. The summed E-state index contributed by atoms with van der Waals surface area (Å²) < 4.78 is 2.05. The van der Waals surface area contributed by atoms with E-state index in [0.717, 1.165) is 11.3 Å². The van der Waals surface area contributed by atoms with Crippen molar-refractivity contribution in [3.05, 3.63) is 80.6 Å². The summed E-state index contributed by atoms with van der Waals surface area (Å²) in [4.78, 5) is 23.8. The predicted octanol–water partition coefficient (Wildman–Crippen LogP) is 5.36. The van der Waals surface area contributed by atoms with Gasteiger partial charge in [0.2, 0.25) is 5.88 Å². The molecule has 0 unspecified atom stereocenters. The number of rotatable bonds is 9. The summed E-state index contributed by atoms with van der Waals surface area (Å²) >= 11 is 6.56. The van der Waals surface area contributed by atoms with Gasteiger partial charge < -0.3 is 15.5 Å². The zero-order chi connectivity index (χ0) is 22.2. The average Bonchev–Trinajstić information content (AvgIpc) is 3.03. The molecule has 0 atom stereocenters. The van der Waals surface area contributed by atoms with Gasteiger partial charge in [0.15, 0.2) is 3.95 Å². The summed E-state index contributed by atoms with van der Waals surface area (Å²) in [5.74, 6) is -1.01. The smallest absolute Gasteiger partial charge is 0.303 e. The topological polar surface area (TPSA) is 91.6 Å². The van der Waals surface area contributed by atoms with Crippen molar-refractivity contribution in [3.63, 3.8) is 0 Å². The summed E-state index contributed by atoms with van der Waals surface area (Å²) in [5, 5.41) is 22.1. The maximum absolute atomic E-state index is 12.5. The third-order valence-corrected chi connectivity index (χ3v) is 5.98. The van der Waals surface area contributed by atoms with Gasteiger partial charge in [-0.15, -0.1) is 11.3 Å². The molecule has 2 aromatic carbocycles. The molecular weight excluding hydrogens is 432 g/mol. The molecule has 0 bridgehead atoms. The molecule has 0 radical (unpaired) electrons. The van der Waals surface area contributed by atoms with E-state index in [0.29, 0.717) is 33.8 Å². The number of carboxylic acid groups (broad SMARTS) is 1. The molecular formula is C23H22N2O4S2. The molecule has 0 fully saturated rings. The van der Waals surface area contributed by atoms with Crippen molar-refractivity contribution in [1.82, 2.24) is 4.57 Å². The highest BCUT2D eigenvalue weighted by Gasteiger charge is 2.11. The largest absolute Gasteiger partial charge is 0.493 e. The highest BCUT2D eigenvalue weighted by atomic mass is 32.1. The van der Waals surface area contributed by atoms with Crippen LogP contribution in [0, 0.1) is 3.95 Å². The molecule has 1 heterocycles. The summed E-state index contributed by atoms with van der Waals surface area (Å²) in [6, 6.07) is 16.6. The van der Waals surface area contributed by atoms with Gasteiger partial charge >= 0.3 is 5.97 Å². The first-order chi connectivity index (χ1) is 15.0. The molecule has 31 heavy (non-hydrogen) atoms. The van der Waals surface area contributed by atoms with E-state index < -0.39 is 5.97 Å². The Morgan fingerprint density at radius 2 is 1.81 bits per heavy atom. The normalized spacial score (nSPS) is 11.0. The van der Waals surface area contributed by atoms with Crippen molar-refractivity contribution in [3.8, 4) is 5.88 Å². The minimum Gasteiger partial charge on any atom is -0.493 e. The maximum Gasteiger partial charge on any atom is 0.303 e. The first-order valence-corrected chi connectivity index (χ1v) is 10.9. The zero-order valence-corrected chi connectivity index (χ0v) is 18.3.